The Labute approximate surface area is 180 Å². The molecule has 2 aromatic carbocycles. The molecular formula is C24H21N5O2. The Morgan fingerprint density at radius 2 is 2.00 bits per heavy atom. The maximum Gasteiger partial charge on any atom is 0.269 e. The third-order valence-electron chi connectivity index (χ3n) is 4.64. The van der Waals surface area contributed by atoms with Crippen molar-refractivity contribution in [3.8, 4) is 29.1 Å². The van der Waals surface area contributed by atoms with Crippen LogP contribution in [0, 0.1) is 22.7 Å². The van der Waals surface area contributed by atoms with Gasteiger partial charge >= 0.3 is 0 Å². The highest BCUT2D eigenvalue weighted by Gasteiger charge is 2.12. The summed E-state index contributed by atoms with van der Waals surface area (Å²) in [6.07, 6.45) is 0.242. The predicted octanol–water partition coefficient (Wildman–Crippen LogP) is 4.05. The first-order valence-electron chi connectivity index (χ1n) is 9.62. The summed E-state index contributed by atoms with van der Waals surface area (Å²) in [7, 11) is 1.59. The fourth-order valence-corrected chi connectivity index (χ4v) is 3.09. The number of carbonyl (C=O) groups is 1. The zero-order chi connectivity index (χ0) is 22.2. The van der Waals surface area contributed by atoms with E-state index in [4.69, 9.17) is 15.3 Å². The van der Waals surface area contributed by atoms with E-state index in [1.807, 2.05) is 48.5 Å². The summed E-state index contributed by atoms with van der Waals surface area (Å²) in [4.78, 5) is 16.8. The summed E-state index contributed by atoms with van der Waals surface area (Å²) >= 11 is 0. The highest BCUT2D eigenvalue weighted by molar-refractivity contribution is 5.99. The van der Waals surface area contributed by atoms with Gasteiger partial charge in [0.05, 0.1) is 37.1 Å². The van der Waals surface area contributed by atoms with Gasteiger partial charge in [-0.2, -0.15) is 10.5 Å². The normalized spacial score (nSPS) is 10.0. The van der Waals surface area contributed by atoms with Crippen LogP contribution in [-0.2, 0) is 0 Å². The van der Waals surface area contributed by atoms with Crippen LogP contribution >= 0.6 is 0 Å². The Balaban J connectivity index is 1.99. The SMILES string of the molecule is C=C(C#N)CNc1c(OC)ccc2ccc(-c3cccc(C(=O)NCCC#N)n3)cc12. The molecular weight excluding hydrogens is 390 g/mol. The van der Waals surface area contributed by atoms with Gasteiger partial charge in [-0.25, -0.2) is 4.98 Å². The van der Waals surface area contributed by atoms with Crippen LogP contribution in [0.15, 0.2) is 60.7 Å². The van der Waals surface area contributed by atoms with Gasteiger partial charge in [0.15, 0.2) is 0 Å². The molecule has 7 heteroatoms. The van der Waals surface area contributed by atoms with E-state index in [2.05, 4.69) is 22.2 Å². The van der Waals surface area contributed by atoms with E-state index < -0.39 is 0 Å². The van der Waals surface area contributed by atoms with Crippen molar-refractivity contribution in [1.29, 1.82) is 10.5 Å². The minimum Gasteiger partial charge on any atom is -0.495 e. The van der Waals surface area contributed by atoms with E-state index in [9.17, 15) is 4.79 Å². The molecule has 2 N–H and O–H groups in total. The Kier molecular flexibility index (Phi) is 6.82. The molecule has 0 saturated carbocycles. The fraction of sp³-hybridized carbons (Fsp3) is 0.167. The molecule has 0 atom stereocenters. The Bertz CT molecular complexity index is 1220. The van der Waals surface area contributed by atoms with Gasteiger partial charge in [-0.1, -0.05) is 30.8 Å². The average molecular weight is 411 g/mol. The molecule has 1 aromatic heterocycles. The number of aromatic nitrogens is 1. The number of pyridine rings is 1. The lowest BCUT2D eigenvalue weighted by atomic mass is 10.0. The first-order chi connectivity index (χ1) is 15.1. The maximum absolute atomic E-state index is 12.3. The Hall–Kier alpha value is -4.36. The molecule has 0 bridgehead atoms. The highest BCUT2D eigenvalue weighted by atomic mass is 16.5. The van der Waals surface area contributed by atoms with Crippen molar-refractivity contribution in [1.82, 2.24) is 10.3 Å². The third kappa shape index (κ3) is 4.98. The van der Waals surface area contributed by atoms with Crippen molar-refractivity contribution >= 4 is 22.4 Å². The van der Waals surface area contributed by atoms with E-state index in [0.29, 0.717) is 23.6 Å². The molecule has 0 radical (unpaired) electrons. The van der Waals surface area contributed by atoms with Crippen molar-refractivity contribution < 1.29 is 9.53 Å². The van der Waals surface area contributed by atoms with Crippen LogP contribution in [0.3, 0.4) is 0 Å². The minimum absolute atomic E-state index is 0.242. The average Bonchev–Trinajstić information content (AvgIpc) is 2.81. The largest absolute Gasteiger partial charge is 0.495 e. The van der Waals surface area contributed by atoms with E-state index in [0.717, 1.165) is 22.0 Å². The number of nitriles is 2. The number of methoxy groups -OCH3 is 1. The van der Waals surface area contributed by atoms with Gasteiger partial charge in [0.2, 0.25) is 0 Å². The van der Waals surface area contributed by atoms with Gasteiger partial charge < -0.3 is 15.4 Å². The number of anilines is 1. The smallest absolute Gasteiger partial charge is 0.269 e. The number of benzene rings is 2. The quantitative estimate of drug-likeness (QED) is 0.427. The van der Waals surface area contributed by atoms with Crippen LogP contribution in [-0.4, -0.2) is 31.1 Å². The van der Waals surface area contributed by atoms with Crippen molar-refractivity contribution in [2.75, 3.05) is 25.5 Å². The number of nitrogens with one attached hydrogen (secondary N) is 2. The molecule has 3 rings (SSSR count). The second-order valence-electron chi connectivity index (χ2n) is 6.72. The molecule has 31 heavy (non-hydrogen) atoms. The first kappa shape index (κ1) is 21.4. The molecule has 0 aliphatic heterocycles. The lowest BCUT2D eigenvalue weighted by Gasteiger charge is -2.15. The molecule has 0 aliphatic carbocycles. The number of amides is 1. The van der Waals surface area contributed by atoms with Crippen molar-refractivity contribution in [3.63, 3.8) is 0 Å². The summed E-state index contributed by atoms with van der Waals surface area (Å²) in [5.41, 5.74) is 2.92. The fourth-order valence-electron chi connectivity index (χ4n) is 3.09. The second kappa shape index (κ2) is 9.91. The summed E-state index contributed by atoms with van der Waals surface area (Å²) in [5.74, 6) is 0.325. The number of carbonyl (C=O) groups excluding carboxylic acids is 1. The molecule has 1 heterocycles. The first-order valence-corrected chi connectivity index (χ1v) is 9.62. The van der Waals surface area contributed by atoms with Crippen LogP contribution < -0.4 is 15.4 Å². The molecule has 0 spiro atoms. The molecule has 154 valence electrons. The summed E-state index contributed by atoms with van der Waals surface area (Å²) in [6, 6.07) is 18.9. The number of hydrogen-bond acceptors (Lipinski definition) is 6. The molecule has 3 aromatic rings. The van der Waals surface area contributed by atoms with E-state index in [1.54, 1.807) is 19.2 Å². The number of ether oxygens (including phenoxy) is 1. The second-order valence-corrected chi connectivity index (χ2v) is 6.72. The molecule has 0 aliphatic rings. The van der Waals surface area contributed by atoms with E-state index in [1.165, 1.54) is 0 Å². The monoisotopic (exact) mass is 411 g/mol. The topological polar surface area (TPSA) is 111 Å². The lowest BCUT2D eigenvalue weighted by Crippen LogP contribution is -2.25. The van der Waals surface area contributed by atoms with Gasteiger partial charge in [0.1, 0.15) is 11.4 Å². The van der Waals surface area contributed by atoms with Crippen LogP contribution in [0.4, 0.5) is 5.69 Å². The molecule has 0 fully saturated rings. The van der Waals surface area contributed by atoms with E-state index in [-0.39, 0.29) is 24.6 Å². The summed E-state index contributed by atoms with van der Waals surface area (Å²) in [6.45, 7) is 4.29. The van der Waals surface area contributed by atoms with Crippen LogP contribution in [0.1, 0.15) is 16.9 Å². The molecule has 1 amide bonds. The number of hydrogen-bond donors (Lipinski definition) is 2. The predicted molar refractivity (Wildman–Crippen MR) is 120 cm³/mol. The van der Waals surface area contributed by atoms with Gasteiger partial charge in [-0.05, 0) is 29.7 Å². The standard InChI is InChI=1S/C24H21N5O2/c1-16(14-26)15-28-23-19-13-18(8-7-17(19)9-10-22(23)31-2)20-5-3-6-21(29-20)24(30)27-12-4-11-25/h3,5-10,13,28H,1,4,12,15H2,2H3,(H,27,30). The zero-order valence-electron chi connectivity index (χ0n) is 17.1. The van der Waals surface area contributed by atoms with Crippen LogP contribution in [0.5, 0.6) is 5.75 Å². The summed E-state index contributed by atoms with van der Waals surface area (Å²) in [5, 5.41) is 25.4. The van der Waals surface area contributed by atoms with Gasteiger partial charge in [-0.15, -0.1) is 0 Å². The highest BCUT2D eigenvalue weighted by Crippen LogP contribution is 2.35. The Morgan fingerprint density at radius 3 is 2.74 bits per heavy atom. The van der Waals surface area contributed by atoms with Crippen molar-refractivity contribution in [2.24, 2.45) is 0 Å². The van der Waals surface area contributed by atoms with Crippen molar-refractivity contribution in [2.45, 2.75) is 6.42 Å². The Morgan fingerprint density at radius 1 is 1.19 bits per heavy atom. The molecule has 0 saturated heterocycles. The lowest BCUT2D eigenvalue weighted by molar-refractivity contribution is 0.0949. The minimum atomic E-state index is -0.322. The summed E-state index contributed by atoms with van der Waals surface area (Å²) < 4.78 is 5.50. The van der Waals surface area contributed by atoms with Crippen molar-refractivity contribution in [3.05, 3.63) is 66.4 Å². The zero-order valence-corrected chi connectivity index (χ0v) is 17.1. The van der Waals surface area contributed by atoms with Gasteiger partial charge in [0, 0.05) is 29.6 Å². The maximum atomic E-state index is 12.3. The third-order valence-corrected chi connectivity index (χ3v) is 4.64. The van der Waals surface area contributed by atoms with Gasteiger partial charge in [0.25, 0.3) is 5.91 Å². The number of fused-ring (bicyclic) bond motifs is 1. The number of rotatable bonds is 8. The van der Waals surface area contributed by atoms with Crippen LogP contribution in [0.25, 0.3) is 22.0 Å². The van der Waals surface area contributed by atoms with Gasteiger partial charge in [-0.3, -0.25) is 4.79 Å². The molecule has 7 nitrogen and oxygen atoms in total. The van der Waals surface area contributed by atoms with E-state index >= 15 is 0 Å². The number of nitrogens with zero attached hydrogens (tertiary/aromatic N) is 3. The molecule has 0 unspecified atom stereocenters. The van der Waals surface area contributed by atoms with Crippen LogP contribution in [0.2, 0.25) is 0 Å².